The van der Waals surface area contributed by atoms with Crippen molar-refractivity contribution in [3.63, 3.8) is 0 Å². The number of hydrogen-bond acceptors (Lipinski definition) is 5. The highest BCUT2D eigenvalue weighted by Gasteiger charge is 2.37. The molecule has 1 unspecified atom stereocenters. The third-order valence-corrected chi connectivity index (χ3v) is 9.84. The van der Waals surface area contributed by atoms with Gasteiger partial charge in [-0.15, -0.1) is 0 Å². The predicted molar refractivity (Wildman–Crippen MR) is 166 cm³/mol. The molecule has 0 bridgehead atoms. The molecule has 1 atom stereocenters. The summed E-state index contributed by atoms with van der Waals surface area (Å²) in [6.07, 6.45) is 6.00. The quantitative estimate of drug-likeness (QED) is 0.312. The van der Waals surface area contributed by atoms with Crippen LogP contribution in [0.2, 0.25) is 0 Å². The molecule has 0 saturated carbocycles. The van der Waals surface area contributed by atoms with Gasteiger partial charge in [-0.3, -0.25) is 14.6 Å². The van der Waals surface area contributed by atoms with Gasteiger partial charge in [0.15, 0.2) is 0 Å². The van der Waals surface area contributed by atoms with Crippen LogP contribution in [0.5, 0.6) is 0 Å². The monoisotopic (exact) mass is 586 g/mol. The van der Waals surface area contributed by atoms with E-state index in [0.29, 0.717) is 34.8 Å². The molecular formula is C33H38N4O4S. The first-order chi connectivity index (χ1) is 20.3. The van der Waals surface area contributed by atoms with Gasteiger partial charge in [0.25, 0.3) is 5.91 Å². The van der Waals surface area contributed by atoms with Crippen LogP contribution in [0.3, 0.4) is 0 Å². The fraction of sp³-hybridized carbons (Fsp3) is 0.364. The second-order valence-corrected chi connectivity index (χ2v) is 13.0. The Labute approximate surface area is 248 Å². The lowest BCUT2D eigenvalue weighted by molar-refractivity contribution is -0.115. The molecule has 0 aromatic heterocycles. The summed E-state index contributed by atoms with van der Waals surface area (Å²) in [5.74, 6) is -1.05. The van der Waals surface area contributed by atoms with Crippen molar-refractivity contribution < 1.29 is 18.0 Å². The number of hydrogen-bond donors (Lipinski definition) is 1. The minimum atomic E-state index is -3.73. The fourth-order valence-corrected chi connectivity index (χ4v) is 6.78. The average molecular weight is 587 g/mol. The maximum Gasteiger partial charge on any atom is 0.253 e. The molecule has 0 spiro atoms. The van der Waals surface area contributed by atoms with E-state index in [0.717, 1.165) is 57.2 Å². The molecule has 8 nitrogen and oxygen atoms in total. The standard InChI is InChI=1S/C33H38N4O4S/c1-3-4-20-36(2)42(40,41)27-18-19-29-28(23-27)30(32(38)35-29)31(24-12-8-7-9-13-24)34-26-16-14-25(15-17-26)33(39)37-21-10-5-6-11-22-37/h7-9,12-19,23,30H,3-6,10-11,20-22H2,1-2H3,(H,35,38). The van der Waals surface area contributed by atoms with Crippen molar-refractivity contribution in [2.45, 2.75) is 56.3 Å². The molecule has 0 radical (unpaired) electrons. The Hall–Kier alpha value is -3.82. The number of unbranched alkanes of at least 4 members (excludes halogenated alkanes) is 1. The van der Waals surface area contributed by atoms with E-state index in [1.54, 1.807) is 49.5 Å². The average Bonchev–Trinajstić information content (AvgIpc) is 3.15. The number of anilines is 1. The number of rotatable bonds is 9. The van der Waals surface area contributed by atoms with Crippen molar-refractivity contribution in [2.24, 2.45) is 4.99 Å². The van der Waals surface area contributed by atoms with Gasteiger partial charge in [0, 0.05) is 37.9 Å². The molecule has 3 aromatic carbocycles. The van der Waals surface area contributed by atoms with Gasteiger partial charge in [-0.1, -0.05) is 56.5 Å². The van der Waals surface area contributed by atoms with Crippen LogP contribution in [0, 0.1) is 0 Å². The summed E-state index contributed by atoms with van der Waals surface area (Å²) in [5, 5.41) is 2.91. The normalized spacial score (nSPS) is 17.6. The largest absolute Gasteiger partial charge is 0.339 e. The number of carbonyl (C=O) groups excluding carboxylic acids is 2. The van der Waals surface area contributed by atoms with E-state index in [1.807, 2.05) is 42.2 Å². The number of nitrogens with one attached hydrogen (secondary N) is 1. The van der Waals surface area contributed by atoms with Gasteiger partial charge in [0.1, 0.15) is 5.92 Å². The highest BCUT2D eigenvalue weighted by molar-refractivity contribution is 7.89. The van der Waals surface area contributed by atoms with Crippen LogP contribution < -0.4 is 5.32 Å². The maximum absolute atomic E-state index is 13.4. The van der Waals surface area contributed by atoms with Gasteiger partial charge in [-0.2, -0.15) is 0 Å². The number of amides is 2. The number of nitrogens with zero attached hydrogens (tertiary/aromatic N) is 3. The molecule has 2 aliphatic heterocycles. The van der Waals surface area contributed by atoms with E-state index in [1.165, 1.54) is 4.31 Å². The van der Waals surface area contributed by atoms with Crippen molar-refractivity contribution in [2.75, 3.05) is 32.0 Å². The fourth-order valence-electron chi connectivity index (χ4n) is 5.53. The lowest BCUT2D eigenvalue weighted by Gasteiger charge is -2.20. The number of carbonyl (C=O) groups is 2. The second kappa shape index (κ2) is 13.0. The smallest absolute Gasteiger partial charge is 0.253 e. The summed E-state index contributed by atoms with van der Waals surface area (Å²) >= 11 is 0. The van der Waals surface area contributed by atoms with Crippen LogP contribution in [0.4, 0.5) is 11.4 Å². The van der Waals surface area contributed by atoms with Crippen LogP contribution >= 0.6 is 0 Å². The molecular weight excluding hydrogens is 548 g/mol. The van der Waals surface area contributed by atoms with Gasteiger partial charge in [0.05, 0.1) is 16.3 Å². The van der Waals surface area contributed by atoms with Crippen LogP contribution in [0.1, 0.15) is 72.9 Å². The van der Waals surface area contributed by atoms with Gasteiger partial charge in [-0.25, -0.2) is 12.7 Å². The molecule has 0 aliphatic carbocycles. The van der Waals surface area contributed by atoms with Crippen LogP contribution in [-0.2, 0) is 14.8 Å². The first-order valence-corrected chi connectivity index (χ1v) is 16.2. The summed E-state index contributed by atoms with van der Waals surface area (Å²) in [4.78, 5) is 33.5. The highest BCUT2D eigenvalue weighted by atomic mass is 32.2. The van der Waals surface area contributed by atoms with Crippen molar-refractivity contribution in [3.8, 4) is 0 Å². The minimum absolute atomic E-state index is 0.0254. The van der Waals surface area contributed by atoms with E-state index >= 15 is 0 Å². The topological polar surface area (TPSA) is 99.2 Å². The number of likely N-dealkylation sites (tertiary alicyclic amines) is 1. The molecule has 1 fully saturated rings. The van der Waals surface area contributed by atoms with E-state index in [4.69, 9.17) is 4.99 Å². The maximum atomic E-state index is 13.4. The van der Waals surface area contributed by atoms with Crippen LogP contribution in [0.15, 0.2) is 82.7 Å². The highest BCUT2D eigenvalue weighted by Crippen LogP contribution is 2.38. The molecule has 9 heteroatoms. The zero-order chi connectivity index (χ0) is 29.7. The lowest BCUT2D eigenvalue weighted by Crippen LogP contribution is -2.31. The third kappa shape index (κ3) is 6.32. The first-order valence-electron chi connectivity index (χ1n) is 14.7. The van der Waals surface area contributed by atoms with E-state index in [9.17, 15) is 18.0 Å². The molecule has 5 rings (SSSR count). The molecule has 42 heavy (non-hydrogen) atoms. The Morgan fingerprint density at radius 2 is 1.64 bits per heavy atom. The number of fused-ring (bicyclic) bond motifs is 1. The summed E-state index contributed by atoms with van der Waals surface area (Å²) in [6.45, 7) is 3.99. The first kappa shape index (κ1) is 29.7. The van der Waals surface area contributed by atoms with Gasteiger partial charge in [0.2, 0.25) is 15.9 Å². The van der Waals surface area contributed by atoms with E-state index in [-0.39, 0.29) is 16.7 Å². The zero-order valence-corrected chi connectivity index (χ0v) is 25.1. The number of benzene rings is 3. The van der Waals surface area contributed by atoms with Crippen molar-refractivity contribution in [1.29, 1.82) is 0 Å². The minimum Gasteiger partial charge on any atom is -0.339 e. The molecule has 2 aliphatic rings. The number of aliphatic imine (C=N–C) groups is 1. The second-order valence-electron chi connectivity index (χ2n) is 11.0. The molecule has 220 valence electrons. The molecule has 1 saturated heterocycles. The van der Waals surface area contributed by atoms with E-state index in [2.05, 4.69) is 5.32 Å². The van der Waals surface area contributed by atoms with Gasteiger partial charge in [-0.05, 0) is 72.9 Å². The third-order valence-electron chi connectivity index (χ3n) is 7.99. The zero-order valence-electron chi connectivity index (χ0n) is 24.3. The van der Waals surface area contributed by atoms with Crippen LogP contribution in [0.25, 0.3) is 0 Å². The molecule has 3 aromatic rings. The van der Waals surface area contributed by atoms with Crippen molar-refractivity contribution in [3.05, 3.63) is 89.5 Å². The van der Waals surface area contributed by atoms with Crippen molar-refractivity contribution >= 4 is 38.9 Å². The molecule has 1 N–H and O–H groups in total. The summed E-state index contributed by atoms with van der Waals surface area (Å²) in [7, 11) is -2.15. The Bertz CT molecular complexity index is 1560. The Morgan fingerprint density at radius 3 is 2.31 bits per heavy atom. The Morgan fingerprint density at radius 1 is 0.952 bits per heavy atom. The summed E-state index contributed by atoms with van der Waals surface area (Å²) in [6, 6.07) is 21.4. The predicted octanol–water partition coefficient (Wildman–Crippen LogP) is 5.98. The summed E-state index contributed by atoms with van der Waals surface area (Å²) in [5.41, 5.74) is 3.62. The lowest BCUT2D eigenvalue weighted by atomic mass is 9.90. The molecule has 2 heterocycles. The van der Waals surface area contributed by atoms with Gasteiger partial charge >= 0.3 is 0 Å². The van der Waals surface area contributed by atoms with Crippen LogP contribution in [-0.4, -0.2) is 61.8 Å². The summed E-state index contributed by atoms with van der Waals surface area (Å²) < 4.78 is 28.0. The Balaban J connectivity index is 1.50. The van der Waals surface area contributed by atoms with Gasteiger partial charge < -0.3 is 10.2 Å². The number of sulfonamides is 1. The van der Waals surface area contributed by atoms with Crippen molar-refractivity contribution in [1.82, 2.24) is 9.21 Å². The SMILES string of the molecule is CCCCN(C)S(=O)(=O)c1ccc2c(c1)C(C(=Nc1ccc(C(=O)N3CCCCCC3)cc1)c1ccccc1)C(=O)N2. The van der Waals surface area contributed by atoms with E-state index < -0.39 is 15.9 Å². The molecule has 2 amide bonds. The Kier molecular flexibility index (Phi) is 9.18.